The first-order chi connectivity index (χ1) is 19.4. The zero-order valence-electron chi connectivity index (χ0n) is 23.1. The fraction of sp³-hybridized carbons (Fsp3) is 0.345. The van der Waals surface area contributed by atoms with Gasteiger partial charge in [-0.2, -0.15) is 19.0 Å². The molecule has 2 aromatic heterocycles. The van der Waals surface area contributed by atoms with Crippen LogP contribution in [0, 0.1) is 5.41 Å². The molecule has 0 radical (unpaired) electrons. The van der Waals surface area contributed by atoms with Crippen LogP contribution < -0.4 is 5.73 Å². The predicted octanol–water partition coefficient (Wildman–Crippen LogP) is 6.32. The third-order valence-corrected chi connectivity index (χ3v) is 7.48. The molecule has 4 aromatic rings. The lowest BCUT2D eigenvalue weighted by Crippen LogP contribution is -2.46. The number of carbonyl (C=O) groups is 1. The van der Waals surface area contributed by atoms with Crippen LogP contribution in [0.3, 0.4) is 0 Å². The van der Waals surface area contributed by atoms with Gasteiger partial charge in [0.15, 0.2) is 17.3 Å². The van der Waals surface area contributed by atoms with Gasteiger partial charge in [-0.05, 0) is 47.1 Å². The van der Waals surface area contributed by atoms with Crippen molar-refractivity contribution in [3.8, 4) is 22.5 Å². The predicted molar refractivity (Wildman–Crippen MR) is 153 cm³/mol. The van der Waals surface area contributed by atoms with Crippen molar-refractivity contribution in [1.82, 2.24) is 29.9 Å². The highest BCUT2D eigenvalue weighted by Gasteiger charge is 2.52. The third-order valence-electron chi connectivity index (χ3n) is 7.15. The molecule has 3 heterocycles. The van der Waals surface area contributed by atoms with E-state index in [0.29, 0.717) is 50.6 Å². The van der Waals surface area contributed by atoms with Gasteiger partial charge in [-0.25, -0.2) is 14.7 Å². The molecule has 0 saturated carbocycles. The Kier molecular flexibility index (Phi) is 7.41. The first-order valence-electron chi connectivity index (χ1n) is 13.2. The van der Waals surface area contributed by atoms with E-state index in [-0.39, 0.29) is 17.3 Å². The second-order valence-electron chi connectivity index (χ2n) is 11.3. The first kappa shape index (κ1) is 28.4. The maximum absolute atomic E-state index is 14.5. The van der Waals surface area contributed by atoms with E-state index in [1.807, 2.05) is 52.0 Å². The molecule has 0 saturated heterocycles. The number of benzene rings is 2. The minimum atomic E-state index is -2.73. The molecule has 1 amide bonds. The molecule has 41 heavy (non-hydrogen) atoms. The van der Waals surface area contributed by atoms with Crippen molar-refractivity contribution >= 4 is 23.5 Å². The standard InChI is InChI=1S/C29H31ClF2N8O/c1-5-23(18-8-11-22(30)21(12-18)24-34-16-35-38-24)40-25(41)29(37-27(40)33,15-28(2,3)4)20-9-6-17(7-10-20)19-13-36-39(14-19)26(31)32/h6-14,16,23,26H,5,15H2,1-4H3,(H2,33,37)(H,34,35,38)/t23-,29-/m1/s1. The second kappa shape index (κ2) is 10.7. The SMILES string of the molecule is CC[C@H](c1ccc(Cl)c(-c2ncn[nH]2)c1)N1C(=O)[C@@](CC(C)(C)C)(c2ccc(-c3cnn(C(F)F)c3)cc2)N=C1N. The van der Waals surface area contributed by atoms with Crippen LogP contribution in [0.2, 0.25) is 5.02 Å². The normalized spacial score (nSPS) is 18.3. The fourth-order valence-corrected chi connectivity index (χ4v) is 5.65. The molecule has 5 rings (SSSR count). The Morgan fingerprint density at radius 3 is 2.44 bits per heavy atom. The van der Waals surface area contributed by atoms with Crippen molar-refractivity contribution in [1.29, 1.82) is 0 Å². The maximum atomic E-state index is 14.5. The van der Waals surface area contributed by atoms with Crippen LogP contribution in [0.15, 0.2) is 66.2 Å². The average molecular weight is 581 g/mol. The van der Waals surface area contributed by atoms with E-state index in [1.165, 1.54) is 18.7 Å². The number of nitrogens with zero attached hydrogens (tertiary/aromatic N) is 6. The summed E-state index contributed by atoms with van der Waals surface area (Å²) >= 11 is 6.47. The van der Waals surface area contributed by atoms with Gasteiger partial charge in [-0.3, -0.25) is 14.8 Å². The highest BCUT2D eigenvalue weighted by molar-refractivity contribution is 6.33. The minimum Gasteiger partial charge on any atom is -0.369 e. The molecule has 12 heteroatoms. The molecule has 1 aliphatic heterocycles. The Balaban J connectivity index is 1.53. The largest absolute Gasteiger partial charge is 0.369 e. The molecule has 0 aliphatic carbocycles. The van der Waals surface area contributed by atoms with Gasteiger partial charge in [0.25, 0.3) is 5.91 Å². The smallest absolute Gasteiger partial charge is 0.333 e. The number of nitrogens with two attached hydrogens (primary N) is 1. The van der Waals surface area contributed by atoms with Crippen molar-refractivity contribution in [2.45, 2.75) is 58.7 Å². The molecular weight excluding hydrogens is 550 g/mol. The molecule has 0 unspecified atom stereocenters. The summed E-state index contributed by atoms with van der Waals surface area (Å²) < 4.78 is 26.7. The maximum Gasteiger partial charge on any atom is 0.333 e. The minimum absolute atomic E-state index is 0.129. The van der Waals surface area contributed by atoms with Crippen molar-refractivity contribution in [3.05, 3.63) is 77.3 Å². The summed E-state index contributed by atoms with van der Waals surface area (Å²) in [7, 11) is 0. The lowest BCUT2D eigenvalue weighted by Gasteiger charge is -2.34. The molecule has 1 aliphatic rings. The zero-order chi connectivity index (χ0) is 29.5. The van der Waals surface area contributed by atoms with Crippen LogP contribution in [0.5, 0.6) is 0 Å². The van der Waals surface area contributed by atoms with Crippen LogP contribution in [-0.2, 0) is 10.3 Å². The highest BCUT2D eigenvalue weighted by Crippen LogP contribution is 2.46. The van der Waals surface area contributed by atoms with Gasteiger partial charge in [0.05, 0.1) is 17.3 Å². The lowest BCUT2D eigenvalue weighted by atomic mass is 9.75. The van der Waals surface area contributed by atoms with Crippen molar-refractivity contribution in [3.63, 3.8) is 0 Å². The summed E-state index contributed by atoms with van der Waals surface area (Å²) in [5.41, 5.74) is 8.39. The van der Waals surface area contributed by atoms with Gasteiger partial charge in [-0.1, -0.05) is 69.6 Å². The number of guanidine groups is 1. The van der Waals surface area contributed by atoms with E-state index in [2.05, 4.69) is 20.3 Å². The Morgan fingerprint density at radius 2 is 1.85 bits per heavy atom. The quantitative estimate of drug-likeness (QED) is 0.253. The van der Waals surface area contributed by atoms with Crippen LogP contribution in [0.4, 0.5) is 8.78 Å². The number of alkyl halides is 2. The van der Waals surface area contributed by atoms with Crippen molar-refractivity contribution < 1.29 is 13.6 Å². The number of H-pyrrole nitrogens is 1. The van der Waals surface area contributed by atoms with E-state index >= 15 is 0 Å². The van der Waals surface area contributed by atoms with Gasteiger partial charge >= 0.3 is 6.55 Å². The van der Waals surface area contributed by atoms with E-state index in [1.54, 1.807) is 23.1 Å². The van der Waals surface area contributed by atoms with E-state index in [4.69, 9.17) is 22.3 Å². The third kappa shape index (κ3) is 5.33. The summed E-state index contributed by atoms with van der Waals surface area (Å²) in [5.74, 6) is 0.415. The summed E-state index contributed by atoms with van der Waals surface area (Å²) in [6.07, 6.45) is 5.04. The highest BCUT2D eigenvalue weighted by atomic mass is 35.5. The number of aliphatic imine (C=N–C) groups is 1. The van der Waals surface area contributed by atoms with Crippen LogP contribution in [0.25, 0.3) is 22.5 Å². The average Bonchev–Trinajstić information content (AvgIpc) is 3.67. The van der Waals surface area contributed by atoms with Gasteiger partial charge < -0.3 is 5.73 Å². The lowest BCUT2D eigenvalue weighted by molar-refractivity contribution is -0.134. The number of hydrogen-bond donors (Lipinski definition) is 2. The van der Waals surface area contributed by atoms with Gasteiger partial charge in [0, 0.05) is 17.3 Å². The number of rotatable bonds is 8. The summed E-state index contributed by atoms with van der Waals surface area (Å²) in [5, 5.41) is 11.0. The molecule has 0 spiro atoms. The topological polar surface area (TPSA) is 118 Å². The monoisotopic (exact) mass is 580 g/mol. The number of carbonyl (C=O) groups excluding carboxylic acids is 1. The molecule has 3 N–H and O–H groups in total. The Labute approximate surface area is 241 Å². The molecular formula is C29H31ClF2N8O. The van der Waals surface area contributed by atoms with Gasteiger partial charge in [0.2, 0.25) is 0 Å². The van der Waals surface area contributed by atoms with E-state index in [9.17, 15) is 13.6 Å². The first-order valence-corrected chi connectivity index (χ1v) is 13.6. The molecule has 9 nitrogen and oxygen atoms in total. The van der Waals surface area contributed by atoms with E-state index in [0.717, 1.165) is 5.56 Å². The summed E-state index contributed by atoms with van der Waals surface area (Å²) in [6.45, 7) is 5.39. The Hall–Kier alpha value is -4.12. The Bertz CT molecular complexity index is 1580. The van der Waals surface area contributed by atoms with Crippen molar-refractivity contribution in [2.75, 3.05) is 0 Å². The summed E-state index contributed by atoms with van der Waals surface area (Å²) in [4.78, 5) is 25.1. The Morgan fingerprint density at radius 1 is 1.12 bits per heavy atom. The van der Waals surface area contributed by atoms with Crippen molar-refractivity contribution in [2.24, 2.45) is 16.1 Å². The molecule has 2 aromatic carbocycles. The van der Waals surface area contributed by atoms with Crippen LogP contribution in [-0.4, -0.2) is 41.7 Å². The van der Waals surface area contributed by atoms with Gasteiger partial charge in [-0.15, -0.1) is 0 Å². The molecule has 2 atom stereocenters. The summed E-state index contributed by atoms with van der Waals surface area (Å²) in [6, 6.07) is 12.3. The zero-order valence-corrected chi connectivity index (χ0v) is 23.9. The fourth-order valence-electron chi connectivity index (χ4n) is 5.44. The number of amides is 1. The van der Waals surface area contributed by atoms with Crippen LogP contribution >= 0.6 is 11.6 Å². The number of aromatic amines is 1. The number of aromatic nitrogens is 5. The second-order valence-corrected chi connectivity index (χ2v) is 11.7. The molecule has 0 bridgehead atoms. The molecule has 0 fully saturated rings. The molecule has 214 valence electrons. The number of hydrogen-bond acceptors (Lipinski definition) is 6. The number of halogens is 3. The number of nitrogens with one attached hydrogen (secondary N) is 1. The van der Waals surface area contributed by atoms with Gasteiger partial charge in [0.1, 0.15) is 6.33 Å². The van der Waals surface area contributed by atoms with Crippen LogP contribution in [0.1, 0.15) is 64.3 Å². The van der Waals surface area contributed by atoms with E-state index < -0.39 is 18.1 Å².